The Morgan fingerprint density at radius 1 is 0.946 bits per heavy atom. The molecule has 0 spiro atoms. The van der Waals surface area contributed by atoms with Gasteiger partial charge in [0.1, 0.15) is 5.69 Å². The summed E-state index contributed by atoms with van der Waals surface area (Å²) >= 11 is 0. The second-order valence-corrected chi connectivity index (χ2v) is 9.72. The standard InChI is InChI=1S/C26H20F3N5O2S/c1-34(21-12-8-18(16-30)9-13-21)17-19-6-10-20(11-7-19)24-25(32-15-14-31-24)33-37(35,36)23-5-3-2-4-22(23)26(27,28)29/h2-15H,17H2,1H3,(H,32,33). The highest BCUT2D eigenvalue weighted by Crippen LogP contribution is 2.35. The molecule has 0 aliphatic heterocycles. The Bertz CT molecular complexity index is 1550. The molecule has 0 bridgehead atoms. The van der Waals surface area contributed by atoms with Gasteiger partial charge in [0.2, 0.25) is 0 Å². The van der Waals surface area contributed by atoms with Crippen LogP contribution >= 0.6 is 0 Å². The predicted molar refractivity (Wildman–Crippen MR) is 133 cm³/mol. The molecule has 1 aromatic heterocycles. The van der Waals surface area contributed by atoms with Gasteiger partial charge in [-0.3, -0.25) is 9.71 Å². The van der Waals surface area contributed by atoms with Crippen LogP contribution in [0.3, 0.4) is 0 Å². The van der Waals surface area contributed by atoms with E-state index in [0.717, 1.165) is 23.4 Å². The third-order valence-corrected chi connectivity index (χ3v) is 6.89. The molecule has 0 saturated carbocycles. The smallest absolute Gasteiger partial charge is 0.370 e. The molecule has 1 heterocycles. The fraction of sp³-hybridized carbons (Fsp3) is 0.115. The highest BCUT2D eigenvalue weighted by atomic mass is 32.2. The molecule has 3 aromatic carbocycles. The molecule has 0 amide bonds. The van der Waals surface area contributed by atoms with Gasteiger partial charge in [0, 0.05) is 37.2 Å². The van der Waals surface area contributed by atoms with Crippen molar-refractivity contribution in [2.45, 2.75) is 17.6 Å². The number of aromatic nitrogens is 2. The van der Waals surface area contributed by atoms with E-state index in [1.807, 2.05) is 36.2 Å². The molecule has 4 rings (SSSR count). The van der Waals surface area contributed by atoms with Crippen molar-refractivity contribution in [1.82, 2.24) is 9.97 Å². The van der Waals surface area contributed by atoms with Gasteiger partial charge >= 0.3 is 6.18 Å². The summed E-state index contributed by atoms with van der Waals surface area (Å²) in [4.78, 5) is 9.31. The van der Waals surface area contributed by atoms with Gasteiger partial charge in [-0.25, -0.2) is 13.4 Å². The number of nitrogens with one attached hydrogen (secondary N) is 1. The Balaban J connectivity index is 1.57. The maximum atomic E-state index is 13.4. The SMILES string of the molecule is CN(Cc1ccc(-c2nccnc2NS(=O)(=O)c2ccccc2C(F)(F)F)cc1)c1ccc(C#N)cc1. The van der Waals surface area contributed by atoms with Gasteiger partial charge in [0.15, 0.2) is 5.82 Å². The number of alkyl halides is 3. The molecule has 0 radical (unpaired) electrons. The summed E-state index contributed by atoms with van der Waals surface area (Å²) < 4.78 is 68.1. The first-order valence-corrected chi connectivity index (χ1v) is 12.4. The molecular weight excluding hydrogens is 503 g/mol. The molecule has 1 N–H and O–H groups in total. The van der Waals surface area contributed by atoms with Gasteiger partial charge in [-0.1, -0.05) is 36.4 Å². The normalized spacial score (nSPS) is 11.5. The Morgan fingerprint density at radius 2 is 1.59 bits per heavy atom. The molecule has 188 valence electrons. The monoisotopic (exact) mass is 523 g/mol. The third kappa shape index (κ3) is 5.87. The Hall–Kier alpha value is -4.43. The van der Waals surface area contributed by atoms with Crippen LogP contribution in [-0.4, -0.2) is 25.4 Å². The van der Waals surface area contributed by atoms with Crippen LogP contribution in [0.1, 0.15) is 16.7 Å². The van der Waals surface area contributed by atoms with Crippen LogP contribution in [0.5, 0.6) is 0 Å². The quantitative estimate of drug-likeness (QED) is 0.345. The van der Waals surface area contributed by atoms with Crippen molar-refractivity contribution in [2.75, 3.05) is 16.7 Å². The van der Waals surface area contributed by atoms with Crippen LogP contribution in [0, 0.1) is 11.3 Å². The van der Waals surface area contributed by atoms with Gasteiger partial charge in [-0.15, -0.1) is 0 Å². The lowest BCUT2D eigenvalue weighted by Gasteiger charge is -2.19. The van der Waals surface area contributed by atoms with Crippen molar-refractivity contribution in [3.05, 3.63) is 102 Å². The lowest BCUT2D eigenvalue weighted by molar-refractivity contribution is -0.139. The van der Waals surface area contributed by atoms with Crippen molar-refractivity contribution >= 4 is 21.5 Å². The number of sulfonamides is 1. The van der Waals surface area contributed by atoms with E-state index in [1.165, 1.54) is 18.5 Å². The van der Waals surface area contributed by atoms with Crippen LogP contribution in [0.15, 0.2) is 90.1 Å². The van der Waals surface area contributed by atoms with Gasteiger partial charge in [-0.05, 0) is 42.0 Å². The molecule has 0 saturated heterocycles. The lowest BCUT2D eigenvalue weighted by Crippen LogP contribution is -2.20. The molecular formula is C26H20F3N5O2S. The summed E-state index contributed by atoms with van der Waals surface area (Å²) in [5.74, 6) is -0.193. The van der Waals surface area contributed by atoms with E-state index in [9.17, 15) is 21.6 Å². The molecule has 0 aliphatic carbocycles. The number of nitrogens with zero attached hydrogens (tertiary/aromatic N) is 4. The van der Waals surface area contributed by atoms with Crippen molar-refractivity contribution in [1.29, 1.82) is 5.26 Å². The molecule has 4 aromatic rings. The zero-order valence-electron chi connectivity index (χ0n) is 19.4. The summed E-state index contributed by atoms with van der Waals surface area (Å²) in [5, 5.41) is 8.95. The van der Waals surface area contributed by atoms with Crippen molar-refractivity contribution in [3.8, 4) is 17.3 Å². The minimum Gasteiger partial charge on any atom is -0.370 e. The topological polar surface area (TPSA) is 99.0 Å². The number of rotatable bonds is 7. The Labute approximate surface area is 211 Å². The van der Waals surface area contributed by atoms with E-state index in [4.69, 9.17) is 5.26 Å². The van der Waals surface area contributed by atoms with Crippen LogP contribution in [0.2, 0.25) is 0 Å². The summed E-state index contributed by atoms with van der Waals surface area (Å²) in [6, 6.07) is 20.3. The molecule has 0 atom stereocenters. The number of benzene rings is 3. The average molecular weight is 524 g/mol. The van der Waals surface area contributed by atoms with Crippen LogP contribution in [0.25, 0.3) is 11.3 Å². The van der Waals surface area contributed by atoms with Crippen LogP contribution in [0.4, 0.5) is 24.7 Å². The first-order chi connectivity index (χ1) is 17.6. The fourth-order valence-corrected chi connectivity index (χ4v) is 4.91. The molecule has 0 aliphatic rings. The van der Waals surface area contributed by atoms with E-state index in [-0.39, 0.29) is 11.5 Å². The fourth-order valence-electron chi connectivity index (χ4n) is 3.66. The highest BCUT2D eigenvalue weighted by Gasteiger charge is 2.37. The largest absolute Gasteiger partial charge is 0.417 e. The first-order valence-electron chi connectivity index (χ1n) is 10.9. The van der Waals surface area contributed by atoms with Crippen molar-refractivity contribution in [2.24, 2.45) is 0 Å². The minimum atomic E-state index is -4.85. The predicted octanol–water partition coefficient (Wildman–Crippen LogP) is 5.47. The van der Waals surface area contributed by atoms with E-state index >= 15 is 0 Å². The minimum absolute atomic E-state index is 0.169. The number of hydrogen-bond donors (Lipinski definition) is 1. The van der Waals surface area contributed by atoms with E-state index in [2.05, 4.69) is 20.8 Å². The highest BCUT2D eigenvalue weighted by molar-refractivity contribution is 7.92. The second-order valence-electron chi connectivity index (χ2n) is 8.06. The number of halogens is 3. The van der Waals surface area contributed by atoms with Crippen LogP contribution in [-0.2, 0) is 22.7 Å². The lowest BCUT2D eigenvalue weighted by atomic mass is 10.1. The van der Waals surface area contributed by atoms with Gasteiger partial charge in [-0.2, -0.15) is 18.4 Å². The van der Waals surface area contributed by atoms with E-state index in [0.29, 0.717) is 23.7 Å². The molecule has 37 heavy (non-hydrogen) atoms. The number of anilines is 2. The summed E-state index contributed by atoms with van der Waals surface area (Å²) in [6.07, 6.45) is -2.24. The zero-order chi connectivity index (χ0) is 26.6. The summed E-state index contributed by atoms with van der Waals surface area (Å²) in [5.41, 5.74) is 1.86. The van der Waals surface area contributed by atoms with Gasteiger partial charge in [0.25, 0.3) is 10.0 Å². The average Bonchev–Trinajstić information content (AvgIpc) is 2.89. The Kier molecular flexibility index (Phi) is 7.13. The molecule has 0 fully saturated rings. The summed E-state index contributed by atoms with van der Waals surface area (Å²) in [7, 11) is -2.71. The van der Waals surface area contributed by atoms with Gasteiger partial charge in [0.05, 0.1) is 22.1 Å². The zero-order valence-corrected chi connectivity index (χ0v) is 20.3. The van der Waals surface area contributed by atoms with E-state index < -0.39 is 26.7 Å². The van der Waals surface area contributed by atoms with Crippen molar-refractivity contribution < 1.29 is 21.6 Å². The molecule has 7 nitrogen and oxygen atoms in total. The third-order valence-electron chi connectivity index (χ3n) is 5.50. The van der Waals surface area contributed by atoms with E-state index in [1.54, 1.807) is 24.3 Å². The maximum Gasteiger partial charge on any atom is 0.417 e. The van der Waals surface area contributed by atoms with Crippen molar-refractivity contribution in [3.63, 3.8) is 0 Å². The van der Waals surface area contributed by atoms with Crippen LogP contribution < -0.4 is 9.62 Å². The Morgan fingerprint density at radius 3 is 2.24 bits per heavy atom. The first kappa shape index (κ1) is 25.7. The maximum absolute atomic E-state index is 13.4. The molecule has 0 unspecified atom stereocenters. The number of hydrogen-bond acceptors (Lipinski definition) is 6. The van der Waals surface area contributed by atoms with Gasteiger partial charge < -0.3 is 4.90 Å². The number of nitriles is 1. The molecule has 11 heteroatoms. The summed E-state index contributed by atoms with van der Waals surface area (Å²) in [6.45, 7) is 0.556. The second kappa shape index (κ2) is 10.3.